The number of amides is 1. The number of carboxylic acid groups (broad SMARTS) is 1. The standard InChI is InChI=1S/C17H21NO4/c19-16(9-13-7-4-8-22-13)18-10-14(15(11-18)17(20)21)12-5-2-1-3-6-12/h1-3,5-6,13-15H,4,7-11H2,(H,20,21). The fourth-order valence-corrected chi connectivity index (χ4v) is 3.42. The minimum atomic E-state index is -0.832. The summed E-state index contributed by atoms with van der Waals surface area (Å²) >= 11 is 0. The van der Waals surface area contributed by atoms with E-state index in [0.29, 0.717) is 19.5 Å². The number of likely N-dealkylation sites (tertiary alicyclic amines) is 1. The highest BCUT2D eigenvalue weighted by atomic mass is 16.5. The summed E-state index contributed by atoms with van der Waals surface area (Å²) in [7, 11) is 0. The molecule has 2 aliphatic rings. The Balaban J connectivity index is 1.70. The summed E-state index contributed by atoms with van der Waals surface area (Å²) in [5.41, 5.74) is 0.988. The van der Waals surface area contributed by atoms with Gasteiger partial charge in [0.05, 0.1) is 18.4 Å². The predicted octanol–water partition coefficient (Wildman–Crippen LogP) is 1.88. The van der Waals surface area contributed by atoms with Crippen molar-refractivity contribution in [2.24, 2.45) is 5.92 Å². The number of carbonyl (C=O) groups excluding carboxylic acids is 1. The van der Waals surface area contributed by atoms with Gasteiger partial charge in [-0.1, -0.05) is 30.3 Å². The lowest BCUT2D eigenvalue weighted by Gasteiger charge is -2.18. The van der Waals surface area contributed by atoms with Gasteiger partial charge in [0.25, 0.3) is 0 Å². The molecule has 1 N–H and O–H groups in total. The molecule has 3 atom stereocenters. The van der Waals surface area contributed by atoms with Crippen LogP contribution >= 0.6 is 0 Å². The monoisotopic (exact) mass is 303 g/mol. The average Bonchev–Trinajstić information content (AvgIpc) is 3.17. The molecule has 3 rings (SSSR count). The number of carbonyl (C=O) groups is 2. The van der Waals surface area contributed by atoms with Gasteiger partial charge in [0.15, 0.2) is 0 Å². The zero-order valence-corrected chi connectivity index (χ0v) is 12.5. The van der Waals surface area contributed by atoms with Crippen LogP contribution in [0, 0.1) is 5.92 Å². The number of carboxylic acids is 1. The van der Waals surface area contributed by atoms with Crippen molar-refractivity contribution in [3.63, 3.8) is 0 Å². The molecule has 0 radical (unpaired) electrons. The van der Waals surface area contributed by atoms with E-state index in [2.05, 4.69) is 0 Å². The Morgan fingerprint density at radius 2 is 2.00 bits per heavy atom. The van der Waals surface area contributed by atoms with E-state index in [0.717, 1.165) is 25.0 Å². The first kappa shape index (κ1) is 15.0. The maximum Gasteiger partial charge on any atom is 0.308 e. The first-order valence-corrected chi connectivity index (χ1v) is 7.82. The molecule has 2 fully saturated rings. The van der Waals surface area contributed by atoms with Crippen molar-refractivity contribution in [2.45, 2.75) is 31.3 Å². The molecule has 1 aromatic rings. The third-order valence-corrected chi connectivity index (χ3v) is 4.64. The number of hydrogen-bond donors (Lipinski definition) is 1. The van der Waals surface area contributed by atoms with Crippen LogP contribution in [-0.2, 0) is 14.3 Å². The van der Waals surface area contributed by atoms with Crippen LogP contribution in [0.4, 0.5) is 0 Å². The Bertz CT molecular complexity index is 539. The van der Waals surface area contributed by atoms with E-state index in [1.807, 2.05) is 30.3 Å². The van der Waals surface area contributed by atoms with Gasteiger partial charge in [-0.15, -0.1) is 0 Å². The van der Waals surface area contributed by atoms with Crippen LogP contribution in [0.5, 0.6) is 0 Å². The third kappa shape index (κ3) is 3.14. The Hall–Kier alpha value is -1.88. The van der Waals surface area contributed by atoms with Gasteiger partial charge in [-0.25, -0.2) is 0 Å². The quantitative estimate of drug-likeness (QED) is 0.922. The molecule has 118 valence electrons. The first-order chi connectivity index (χ1) is 10.6. The van der Waals surface area contributed by atoms with Gasteiger partial charge in [-0.3, -0.25) is 9.59 Å². The number of ether oxygens (including phenoxy) is 1. The van der Waals surface area contributed by atoms with E-state index in [1.54, 1.807) is 4.90 Å². The second-order valence-electron chi connectivity index (χ2n) is 6.10. The maximum absolute atomic E-state index is 12.4. The third-order valence-electron chi connectivity index (χ3n) is 4.64. The first-order valence-electron chi connectivity index (χ1n) is 7.82. The number of benzene rings is 1. The van der Waals surface area contributed by atoms with Gasteiger partial charge in [0.2, 0.25) is 5.91 Å². The molecular weight excluding hydrogens is 282 g/mol. The van der Waals surface area contributed by atoms with Crippen molar-refractivity contribution < 1.29 is 19.4 Å². The highest BCUT2D eigenvalue weighted by molar-refractivity contribution is 5.80. The van der Waals surface area contributed by atoms with Crippen molar-refractivity contribution >= 4 is 11.9 Å². The van der Waals surface area contributed by atoms with Gasteiger partial charge in [-0.2, -0.15) is 0 Å². The van der Waals surface area contributed by atoms with E-state index < -0.39 is 11.9 Å². The normalized spacial score (nSPS) is 28.0. The van der Waals surface area contributed by atoms with Crippen molar-refractivity contribution in [3.05, 3.63) is 35.9 Å². The van der Waals surface area contributed by atoms with Crippen LogP contribution in [0.15, 0.2) is 30.3 Å². The summed E-state index contributed by atoms with van der Waals surface area (Å²) in [6, 6.07) is 9.61. The lowest BCUT2D eigenvalue weighted by atomic mass is 9.89. The van der Waals surface area contributed by atoms with Crippen molar-refractivity contribution in [1.29, 1.82) is 0 Å². The molecule has 2 saturated heterocycles. The minimum absolute atomic E-state index is 0.00607. The van der Waals surface area contributed by atoms with Crippen LogP contribution < -0.4 is 0 Å². The number of nitrogens with zero attached hydrogens (tertiary/aromatic N) is 1. The van der Waals surface area contributed by atoms with Gasteiger partial charge in [0.1, 0.15) is 0 Å². The van der Waals surface area contributed by atoms with Crippen LogP contribution in [0.25, 0.3) is 0 Å². The Morgan fingerprint density at radius 3 is 2.64 bits per heavy atom. The van der Waals surface area contributed by atoms with Crippen LogP contribution in [0.3, 0.4) is 0 Å². The second kappa shape index (κ2) is 6.48. The van der Waals surface area contributed by atoms with Gasteiger partial charge in [-0.05, 0) is 18.4 Å². The summed E-state index contributed by atoms with van der Waals surface area (Å²) in [5, 5.41) is 9.47. The summed E-state index contributed by atoms with van der Waals surface area (Å²) in [4.78, 5) is 25.6. The summed E-state index contributed by atoms with van der Waals surface area (Å²) in [6.07, 6.45) is 2.30. The molecule has 22 heavy (non-hydrogen) atoms. The van der Waals surface area contributed by atoms with Gasteiger partial charge >= 0.3 is 5.97 Å². The van der Waals surface area contributed by atoms with E-state index in [9.17, 15) is 14.7 Å². The summed E-state index contributed by atoms with van der Waals surface area (Å²) in [5.74, 6) is -1.49. The lowest BCUT2D eigenvalue weighted by Crippen LogP contribution is -2.32. The molecular formula is C17H21NO4. The molecule has 2 aliphatic heterocycles. The summed E-state index contributed by atoms with van der Waals surface area (Å²) in [6.45, 7) is 1.50. The van der Waals surface area contributed by atoms with Gasteiger partial charge < -0.3 is 14.7 Å². The maximum atomic E-state index is 12.4. The van der Waals surface area contributed by atoms with Crippen LogP contribution in [-0.4, -0.2) is 47.7 Å². The molecule has 2 heterocycles. The molecule has 5 nitrogen and oxygen atoms in total. The molecule has 1 aromatic carbocycles. The SMILES string of the molecule is O=C(O)C1CN(C(=O)CC2CCCO2)CC1c1ccccc1. The Labute approximate surface area is 129 Å². The Kier molecular flexibility index (Phi) is 4.43. The largest absolute Gasteiger partial charge is 0.481 e. The lowest BCUT2D eigenvalue weighted by molar-refractivity contribution is -0.142. The summed E-state index contributed by atoms with van der Waals surface area (Å²) < 4.78 is 5.51. The zero-order valence-electron chi connectivity index (χ0n) is 12.5. The van der Waals surface area contributed by atoms with Crippen LogP contribution in [0.2, 0.25) is 0 Å². The molecule has 5 heteroatoms. The van der Waals surface area contributed by atoms with E-state index in [4.69, 9.17) is 4.74 Å². The minimum Gasteiger partial charge on any atom is -0.481 e. The molecule has 1 amide bonds. The highest BCUT2D eigenvalue weighted by Crippen LogP contribution is 2.33. The number of hydrogen-bond acceptors (Lipinski definition) is 3. The van der Waals surface area contributed by atoms with E-state index >= 15 is 0 Å². The van der Waals surface area contributed by atoms with Crippen molar-refractivity contribution in [3.8, 4) is 0 Å². The topological polar surface area (TPSA) is 66.8 Å². The molecule has 0 saturated carbocycles. The highest BCUT2D eigenvalue weighted by Gasteiger charge is 2.40. The predicted molar refractivity (Wildman–Crippen MR) is 80.5 cm³/mol. The van der Waals surface area contributed by atoms with Crippen LogP contribution in [0.1, 0.15) is 30.7 Å². The van der Waals surface area contributed by atoms with Crippen molar-refractivity contribution in [2.75, 3.05) is 19.7 Å². The fourth-order valence-electron chi connectivity index (χ4n) is 3.42. The Morgan fingerprint density at radius 1 is 1.23 bits per heavy atom. The fraction of sp³-hybridized carbons (Fsp3) is 0.529. The zero-order chi connectivity index (χ0) is 15.5. The molecule has 0 aliphatic carbocycles. The molecule has 3 unspecified atom stereocenters. The average molecular weight is 303 g/mol. The van der Waals surface area contributed by atoms with Gasteiger partial charge in [0, 0.05) is 25.6 Å². The molecule has 0 spiro atoms. The smallest absolute Gasteiger partial charge is 0.308 e. The number of aliphatic carboxylic acids is 1. The molecule has 0 bridgehead atoms. The van der Waals surface area contributed by atoms with E-state index in [-0.39, 0.29) is 17.9 Å². The molecule has 0 aromatic heterocycles. The number of rotatable bonds is 4. The van der Waals surface area contributed by atoms with E-state index in [1.165, 1.54) is 0 Å². The van der Waals surface area contributed by atoms with Crippen molar-refractivity contribution in [1.82, 2.24) is 4.90 Å². The second-order valence-corrected chi connectivity index (χ2v) is 6.10.